The summed E-state index contributed by atoms with van der Waals surface area (Å²) in [5, 5.41) is 6.42. The van der Waals surface area contributed by atoms with E-state index >= 15 is 0 Å². The number of carbonyl (C=O) groups excluding carboxylic acids is 2. The molecule has 6 heteroatoms. The van der Waals surface area contributed by atoms with Crippen LogP contribution >= 0.6 is 15.9 Å². The number of amides is 1. The third-order valence-electron chi connectivity index (χ3n) is 5.29. The van der Waals surface area contributed by atoms with Gasteiger partial charge in [-0.2, -0.15) is 0 Å². The van der Waals surface area contributed by atoms with Gasteiger partial charge in [-0.05, 0) is 55.5 Å². The van der Waals surface area contributed by atoms with Crippen molar-refractivity contribution in [1.82, 2.24) is 10.6 Å². The fraction of sp³-hybridized carbons (Fsp3) is 0.556. The first-order chi connectivity index (χ1) is 11.5. The first-order valence-corrected chi connectivity index (χ1v) is 9.17. The van der Waals surface area contributed by atoms with Crippen LogP contribution in [0.15, 0.2) is 28.7 Å². The zero-order chi connectivity index (χ0) is 17.2. The van der Waals surface area contributed by atoms with E-state index in [2.05, 4.69) is 26.6 Å². The highest BCUT2D eigenvalue weighted by molar-refractivity contribution is 9.10. The first-order valence-electron chi connectivity index (χ1n) is 8.37. The Morgan fingerprint density at radius 3 is 2.62 bits per heavy atom. The number of esters is 1. The SMILES string of the molecule is COC(=O)CC(NC(=O)C1CC12CCNCC2)c1ccc(Br)cc1. The summed E-state index contributed by atoms with van der Waals surface area (Å²) in [6.45, 7) is 1.98. The summed E-state index contributed by atoms with van der Waals surface area (Å²) in [5.41, 5.74) is 1.10. The molecule has 2 atom stereocenters. The minimum Gasteiger partial charge on any atom is -0.469 e. The normalized spacial score (nSPS) is 22.7. The zero-order valence-electron chi connectivity index (χ0n) is 13.8. The van der Waals surface area contributed by atoms with Crippen molar-refractivity contribution >= 4 is 27.8 Å². The van der Waals surface area contributed by atoms with Gasteiger partial charge in [0.25, 0.3) is 0 Å². The third kappa shape index (κ3) is 3.81. The van der Waals surface area contributed by atoms with Crippen molar-refractivity contribution in [3.8, 4) is 0 Å². The van der Waals surface area contributed by atoms with Crippen LogP contribution in [0.4, 0.5) is 0 Å². The van der Waals surface area contributed by atoms with E-state index in [9.17, 15) is 9.59 Å². The highest BCUT2D eigenvalue weighted by Gasteiger charge is 2.57. The Labute approximate surface area is 150 Å². The molecule has 2 N–H and O–H groups in total. The molecule has 1 aliphatic carbocycles. The maximum atomic E-state index is 12.7. The van der Waals surface area contributed by atoms with Gasteiger partial charge in [0.15, 0.2) is 0 Å². The molecule has 3 rings (SSSR count). The Bertz CT molecular complexity index is 611. The number of rotatable bonds is 5. The fourth-order valence-electron chi connectivity index (χ4n) is 3.67. The molecule has 24 heavy (non-hydrogen) atoms. The van der Waals surface area contributed by atoms with E-state index in [1.54, 1.807) is 0 Å². The molecule has 0 bridgehead atoms. The second kappa shape index (κ2) is 7.23. The first kappa shape index (κ1) is 17.4. The Morgan fingerprint density at radius 1 is 1.33 bits per heavy atom. The molecule has 1 amide bonds. The van der Waals surface area contributed by atoms with Gasteiger partial charge >= 0.3 is 5.97 Å². The lowest BCUT2D eigenvalue weighted by atomic mass is 9.91. The van der Waals surface area contributed by atoms with E-state index in [-0.39, 0.29) is 35.7 Å². The highest BCUT2D eigenvalue weighted by atomic mass is 79.9. The molecule has 1 heterocycles. The lowest BCUT2D eigenvalue weighted by molar-refractivity contribution is -0.141. The van der Waals surface area contributed by atoms with Crippen LogP contribution in [0.2, 0.25) is 0 Å². The Morgan fingerprint density at radius 2 is 2.00 bits per heavy atom. The summed E-state index contributed by atoms with van der Waals surface area (Å²) in [6.07, 6.45) is 3.23. The van der Waals surface area contributed by atoms with Crippen LogP contribution in [0.25, 0.3) is 0 Å². The van der Waals surface area contributed by atoms with E-state index in [0.717, 1.165) is 42.4 Å². The zero-order valence-corrected chi connectivity index (χ0v) is 15.4. The van der Waals surface area contributed by atoms with E-state index in [1.807, 2.05) is 24.3 Å². The Hall–Kier alpha value is -1.40. The number of hydrogen-bond donors (Lipinski definition) is 2. The van der Waals surface area contributed by atoms with Gasteiger partial charge in [-0.1, -0.05) is 28.1 Å². The summed E-state index contributed by atoms with van der Waals surface area (Å²) in [6, 6.07) is 7.32. The molecule has 0 radical (unpaired) electrons. The number of ether oxygens (including phenoxy) is 1. The molecule has 1 aromatic carbocycles. The number of benzene rings is 1. The maximum Gasteiger partial charge on any atom is 0.307 e. The lowest BCUT2D eigenvalue weighted by Crippen LogP contribution is -2.36. The van der Waals surface area contributed by atoms with Crippen molar-refractivity contribution in [2.75, 3.05) is 20.2 Å². The molecule has 2 unspecified atom stereocenters. The number of hydrogen-bond acceptors (Lipinski definition) is 4. The molecular formula is C18H23BrN2O3. The molecular weight excluding hydrogens is 372 g/mol. The van der Waals surface area contributed by atoms with Crippen molar-refractivity contribution in [3.63, 3.8) is 0 Å². The van der Waals surface area contributed by atoms with Crippen LogP contribution < -0.4 is 10.6 Å². The maximum absolute atomic E-state index is 12.7. The summed E-state index contributed by atoms with van der Waals surface area (Å²) in [5.74, 6) is -0.181. The number of piperidine rings is 1. The smallest absolute Gasteiger partial charge is 0.307 e. The number of halogens is 1. The van der Waals surface area contributed by atoms with E-state index in [4.69, 9.17) is 4.74 Å². The van der Waals surface area contributed by atoms with Gasteiger partial charge in [-0.3, -0.25) is 9.59 Å². The average molecular weight is 395 g/mol. The van der Waals surface area contributed by atoms with Gasteiger partial charge in [-0.15, -0.1) is 0 Å². The van der Waals surface area contributed by atoms with E-state index in [0.29, 0.717) is 0 Å². The standard InChI is InChI=1S/C18H23BrN2O3/c1-24-16(22)10-15(12-2-4-13(19)5-3-12)21-17(23)14-11-18(14)6-8-20-9-7-18/h2-5,14-15,20H,6-11H2,1H3,(H,21,23). The molecule has 1 spiro atoms. The van der Waals surface area contributed by atoms with Crippen LogP contribution in [0.3, 0.4) is 0 Å². The molecule has 1 saturated heterocycles. The molecule has 2 fully saturated rings. The Balaban J connectivity index is 1.68. The average Bonchev–Trinajstić information content (AvgIpc) is 3.28. The van der Waals surface area contributed by atoms with Crippen LogP contribution in [0.5, 0.6) is 0 Å². The fourth-order valence-corrected chi connectivity index (χ4v) is 3.93. The summed E-state index contributed by atoms with van der Waals surface area (Å²) in [4.78, 5) is 24.4. The van der Waals surface area contributed by atoms with Gasteiger partial charge in [0, 0.05) is 10.4 Å². The summed E-state index contributed by atoms with van der Waals surface area (Å²) >= 11 is 3.41. The summed E-state index contributed by atoms with van der Waals surface area (Å²) < 4.78 is 5.75. The monoisotopic (exact) mass is 394 g/mol. The number of carbonyl (C=O) groups is 2. The van der Waals surface area contributed by atoms with Crippen LogP contribution in [0.1, 0.15) is 37.3 Å². The second-order valence-electron chi connectivity index (χ2n) is 6.76. The van der Waals surface area contributed by atoms with E-state index in [1.165, 1.54) is 7.11 Å². The van der Waals surface area contributed by atoms with Crippen LogP contribution in [-0.4, -0.2) is 32.1 Å². The Kier molecular flexibility index (Phi) is 5.25. The minimum atomic E-state index is -0.350. The third-order valence-corrected chi connectivity index (χ3v) is 5.82. The van der Waals surface area contributed by atoms with Crippen molar-refractivity contribution in [3.05, 3.63) is 34.3 Å². The molecule has 0 aromatic heterocycles. The van der Waals surface area contributed by atoms with Gasteiger partial charge in [0.05, 0.1) is 19.6 Å². The topological polar surface area (TPSA) is 67.4 Å². The van der Waals surface area contributed by atoms with Gasteiger partial charge in [-0.25, -0.2) is 0 Å². The molecule has 2 aliphatic rings. The van der Waals surface area contributed by atoms with Crippen LogP contribution in [-0.2, 0) is 14.3 Å². The molecule has 130 valence electrons. The van der Waals surface area contributed by atoms with Gasteiger partial charge < -0.3 is 15.4 Å². The van der Waals surface area contributed by atoms with Crippen molar-refractivity contribution in [2.45, 2.75) is 31.7 Å². The predicted octanol–water partition coefficient (Wildman–Crippen LogP) is 2.56. The highest BCUT2D eigenvalue weighted by Crippen LogP contribution is 2.58. The van der Waals surface area contributed by atoms with E-state index < -0.39 is 0 Å². The van der Waals surface area contributed by atoms with Gasteiger partial charge in [0.2, 0.25) is 5.91 Å². The largest absolute Gasteiger partial charge is 0.469 e. The van der Waals surface area contributed by atoms with Crippen molar-refractivity contribution < 1.29 is 14.3 Å². The quantitative estimate of drug-likeness (QED) is 0.753. The number of nitrogens with one attached hydrogen (secondary N) is 2. The summed E-state index contributed by atoms with van der Waals surface area (Å²) in [7, 11) is 1.37. The second-order valence-corrected chi connectivity index (χ2v) is 7.68. The van der Waals surface area contributed by atoms with Crippen molar-refractivity contribution in [2.24, 2.45) is 11.3 Å². The predicted molar refractivity (Wildman–Crippen MR) is 94.3 cm³/mol. The molecule has 1 saturated carbocycles. The lowest BCUT2D eigenvalue weighted by Gasteiger charge is -2.24. The molecule has 5 nitrogen and oxygen atoms in total. The molecule has 1 aromatic rings. The number of methoxy groups -OCH3 is 1. The minimum absolute atomic E-state index is 0.0636. The van der Waals surface area contributed by atoms with Crippen molar-refractivity contribution in [1.29, 1.82) is 0 Å². The molecule has 1 aliphatic heterocycles. The van der Waals surface area contributed by atoms with Gasteiger partial charge in [0.1, 0.15) is 0 Å². The van der Waals surface area contributed by atoms with Crippen LogP contribution in [0, 0.1) is 11.3 Å².